The van der Waals surface area contributed by atoms with Crippen molar-refractivity contribution in [3.05, 3.63) is 59.4 Å². The third-order valence-corrected chi connectivity index (χ3v) is 2.51. The average molecular weight is 245 g/mol. The van der Waals surface area contributed by atoms with Crippen molar-refractivity contribution in [1.29, 1.82) is 0 Å². The summed E-state index contributed by atoms with van der Waals surface area (Å²) in [6.45, 7) is 0.0946. The van der Waals surface area contributed by atoms with Crippen molar-refractivity contribution in [3.8, 4) is 5.75 Å². The SMILES string of the molecule is Nc1cc(C=O)ccc1OCc1ccccc1F. The minimum atomic E-state index is -0.319. The third-order valence-electron chi connectivity index (χ3n) is 2.51. The number of anilines is 1. The minimum Gasteiger partial charge on any atom is -0.487 e. The van der Waals surface area contributed by atoms with Crippen molar-refractivity contribution >= 4 is 12.0 Å². The van der Waals surface area contributed by atoms with Crippen LogP contribution in [-0.4, -0.2) is 6.29 Å². The second-order valence-corrected chi connectivity index (χ2v) is 3.80. The molecule has 2 N–H and O–H groups in total. The van der Waals surface area contributed by atoms with E-state index in [1.807, 2.05) is 0 Å². The van der Waals surface area contributed by atoms with E-state index in [0.717, 1.165) is 0 Å². The van der Waals surface area contributed by atoms with Crippen molar-refractivity contribution in [3.63, 3.8) is 0 Å². The highest BCUT2D eigenvalue weighted by Crippen LogP contribution is 2.23. The molecule has 0 radical (unpaired) electrons. The monoisotopic (exact) mass is 245 g/mol. The van der Waals surface area contributed by atoms with Crippen molar-refractivity contribution in [1.82, 2.24) is 0 Å². The summed E-state index contributed by atoms with van der Waals surface area (Å²) in [6.07, 6.45) is 0.705. The highest BCUT2D eigenvalue weighted by Gasteiger charge is 2.05. The van der Waals surface area contributed by atoms with Crippen molar-refractivity contribution in [2.75, 3.05) is 5.73 Å². The van der Waals surface area contributed by atoms with Crippen molar-refractivity contribution in [2.45, 2.75) is 6.61 Å². The molecule has 0 aliphatic heterocycles. The average Bonchev–Trinajstić information content (AvgIpc) is 2.39. The molecule has 18 heavy (non-hydrogen) atoms. The number of carbonyl (C=O) groups is 1. The van der Waals surface area contributed by atoms with E-state index in [4.69, 9.17) is 10.5 Å². The van der Waals surface area contributed by atoms with E-state index in [1.54, 1.807) is 30.3 Å². The molecule has 0 aliphatic rings. The zero-order valence-electron chi connectivity index (χ0n) is 9.60. The topological polar surface area (TPSA) is 52.3 Å². The van der Waals surface area contributed by atoms with Gasteiger partial charge in [-0.15, -0.1) is 0 Å². The normalized spacial score (nSPS) is 10.1. The fourth-order valence-electron chi connectivity index (χ4n) is 1.54. The number of ether oxygens (including phenoxy) is 1. The van der Waals surface area contributed by atoms with Gasteiger partial charge in [-0.1, -0.05) is 18.2 Å². The van der Waals surface area contributed by atoms with Gasteiger partial charge in [-0.2, -0.15) is 0 Å². The zero-order valence-corrected chi connectivity index (χ0v) is 9.60. The summed E-state index contributed by atoms with van der Waals surface area (Å²) in [5.41, 5.74) is 7.01. The number of rotatable bonds is 4. The van der Waals surface area contributed by atoms with E-state index < -0.39 is 0 Å². The Morgan fingerprint density at radius 2 is 2.00 bits per heavy atom. The Morgan fingerprint density at radius 1 is 1.22 bits per heavy atom. The lowest BCUT2D eigenvalue weighted by molar-refractivity contribution is 0.112. The minimum absolute atomic E-state index is 0.0946. The number of aldehydes is 1. The molecule has 0 unspecified atom stereocenters. The van der Waals surface area contributed by atoms with Crippen LogP contribution < -0.4 is 10.5 Å². The summed E-state index contributed by atoms with van der Waals surface area (Å²) < 4.78 is 18.8. The summed E-state index contributed by atoms with van der Waals surface area (Å²) in [6, 6.07) is 11.1. The third kappa shape index (κ3) is 2.66. The standard InChI is InChI=1S/C14H12FNO2/c15-12-4-2-1-3-11(12)9-18-14-6-5-10(8-17)7-13(14)16/h1-8H,9,16H2. The van der Waals surface area contributed by atoms with Gasteiger partial charge < -0.3 is 10.5 Å². The first-order chi connectivity index (χ1) is 8.70. The molecule has 2 aromatic rings. The van der Waals surface area contributed by atoms with E-state index in [1.165, 1.54) is 12.1 Å². The smallest absolute Gasteiger partial charge is 0.150 e. The van der Waals surface area contributed by atoms with Crippen LogP contribution in [0, 0.1) is 5.82 Å². The molecule has 0 aliphatic carbocycles. The van der Waals surface area contributed by atoms with Crippen molar-refractivity contribution in [2.24, 2.45) is 0 Å². The number of benzene rings is 2. The molecule has 2 aromatic carbocycles. The summed E-state index contributed by atoms with van der Waals surface area (Å²) in [4.78, 5) is 10.5. The molecule has 0 amide bonds. The van der Waals surface area contributed by atoms with Crippen LogP contribution in [0.1, 0.15) is 15.9 Å². The Labute approximate surface area is 104 Å². The fourth-order valence-corrected chi connectivity index (χ4v) is 1.54. The highest BCUT2D eigenvalue weighted by atomic mass is 19.1. The molecule has 2 rings (SSSR count). The Bertz CT molecular complexity index is 569. The molecule has 0 atom stereocenters. The Hall–Kier alpha value is -2.36. The molecular formula is C14H12FNO2. The van der Waals surface area contributed by atoms with E-state index >= 15 is 0 Å². The van der Waals surface area contributed by atoms with Gasteiger partial charge in [0.25, 0.3) is 0 Å². The predicted molar refractivity (Wildman–Crippen MR) is 67.0 cm³/mol. The van der Waals surface area contributed by atoms with Crippen LogP contribution >= 0.6 is 0 Å². The molecule has 0 heterocycles. The maximum absolute atomic E-state index is 13.4. The Kier molecular flexibility index (Phi) is 3.57. The maximum Gasteiger partial charge on any atom is 0.150 e. The van der Waals surface area contributed by atoms with E-state index in [2.05, 4.69) is 0 Å². The highest BCUT2D eigenvalue weighted by molar-refractivity contribution is 5.78. The largest absolute Gasteiger partial charge is 0.487 e. The lowest BCUT2D eigenvalue weighted by atomic mass is 10.2. The van der Waals surface area contributed by atoms with Gasteiger partial charge in [-0.05, 0) is 24.3 Å². The molecular weight excluding hydrogens is 233 g/mol. The number of halogens is 1. The van der Waals surface area contributed by atoms with Crippen LogP contribution in [0.3, 0.4) is 0 Å². The molecule has 0 fully saturated rings. The molecule has 3 nitrogen and oxygen atoms in total. The second-order valence-electron chi connectivity index (χ2n) is 3.80. The van der Waals surface area contributed by atoms with Crippen molar-refractivity contribution < 1.29 is 13.9 Å². The van der Waals surface area contributed by atoms with Gasteiger partial charge in [0.1, 0.15) is 24.5 Å². The number of carbonyl (C=O) groups excluding carboxylic acids is 1. The summed E-state index contributed by atoms with van der Waals surface area (Å²) in [7, 11) is 0. The molecule has 0 aromatic heterocycles. The summed E-state index contributed by atoms with van der Waals surface area (Å²) >= 11 is 0. The van der Waals surface area contributed by atoms with Gasteiger partial charge in [0.05, 0.1) is 5.69 Å². The van der Waals surface area contributed by atoms with Gasteiger partial charge in [0.15, 0.2) is 0 Å². The predicted octanol–water partition coefficient (Wildman–Crippen LogP) is 2.80. The number of hydrogen-bond donors (Lipinski definition) is 1. The number of nitrogen functional groups attached to an aromatic ring is 1. The van der Waals surface area contributed by atoms with E-state index in [-0.39, 0.29) is 12.4 Å². The van der Waals surface area contributed by atoms with Gasteiger partial charge in [0, 0.05) is 11.1 Å². The van der Waals surface area contributed by atoms with Gasteiger partial charge in [-0.3, -0.25) is 4.79 Å². The van der Waals surface area contributed by atoms with Crippen LogP contribution in [0.5, 0.6) is 5.75 Å². The summed E-state index contributed by atoms with van der Waals surface area (Å²) in [5, 5.41) is 0. The van der Waals surface area contributed by atoms with Crippen LogP contribution in [0.15, 0.2) is 42.5 Å². The van der Waals surface area contributed by atoms with Gasteiger partial charge in [-0.25, -0.2) is 4.39 Å². The second kappa shape index (κ2) is 5.31. The maximum atomic E-state index is 13.4. The van der Waals surface area contributed by atoms with E-state index in [0.29, 0.717) is 28.8 Å². The molecule has 0 saturated heterocycles. The van der Waals surface area contributed by atoms with Crippen LogP contribution in [0.4, 0.5) is 10.1 Å². The number of nitrogens with two attached hydrogens (primary N) is 1. The van der Waals surface area contributed by atoms with Crippen LogP contribution in [0.25, 0.3) is 0 Å². The Balaban J connectivity index is 2.11. The first kappa shape index (κ1) is 12.1. The molecule has 4 heteroatoms. The van der Waals surface area contributed by atoms with Crippen LogP contribution in [-0.2, 0) is 6.61 Å². The molecule has 0 spiro atoms. The lowest BCUT2D eigenvalue weighted by Gasteiger charge is -2.09. The van der Waals surface area contributed by atoms with Gasteiger partial charge in [0.2, 0.25) is 0 Å². The first-order valence-corrected chi connectivity index (χ1v) is 5.41. The quantitative estimate of drug-likeness (QED) is 0.665. The molecule has 0 bridgehead atoms. The summed E-state index contributed by atoms with van der Waals surface area (Å²) in [5.74, 6) is 0.115. The number of hydrogen-bond acceptors (Lipinski definition) is 3. The van der Waals surface area contributed by atoms with Gasteiger partial charge >= 0.3 is 0 Å². The molecule has 92 valence electrons. The lowest BCUT2D eigenvalue weighted by Crippen LogP contribution is -2.01. The molecule has 0 saturated carbocycles. The first-order valence-electron chi connectivity index (χ1n) is 5.41. The van der Waals surface area contributed by atoms with E-state index in [9.17, 15) is 9.18 Å². The zero-order chi connectivity index (χ0) is 13.0. The fraction of sp³-hybridized carbons (Fsp3) is 0.0714. The van der Waals surface area contributed by atoms with Crippen LogP contribution in [0.2, 0.25) is 0 Å². The Morgan fingerprint density at radius 3 is 2.67 bits per heavy atom.